The van der Waals surface area contributed by atoms with Crippen molar-refractivity contribution in [3.05, 3.63) is 23.1 Å². The fourth-order valence-electron chi connectivity index (χ4n) is 6.02. The van der Waals surface area contributed by atoms with E-state index in [1.807, 2.05) is 36.9 Å². The number of methoxy groups -OCH3 is 1. The van der Waals surface area contributed by atoms with Crippen molar-refractivity contribution in [2.45, 2.75) is 96.9 Å². The van der Waals surface area contributed by atoms with Crippen molar-refractivity contribution in [3.63, 3.8) is 0 Å². The highest BCUT2D eigenvalue weighted by Gasteiger charge is 2.44. The van der Waals surface area contributed by atoms with Crippen molar-refractivity contribution in [2.75, 3.05) is 43.2 Å². The van der Waals surface area contributed by atoms with Crippen LogP contribution in [0.15, 0.2) is 23.4 Å². The fourth-order valence-corrected chi connectivity index (χ4v) is 6.02. The predicted molar refractivity (Wildman–Crippen MR) is 166 cm³/mol. The first-order valence-corrected chi connectivity index (χ1v) is 15.6. The molecular weight excluding hydrogens is 550 g/mol. The second kappa shape index (κ2) is 13.3. The summed E-state index contributed by atoms with van der Waals surface area (Å²) in [6.07, 6.45) is 3.51. The largest absolute Gasteiger partial charge is 0.476 e. The lowest BCUT2D eigenvalue weighted by Crippen LogP contribution is -2.54. The third kappa shape index (κ3) is 7.55. The number of amides is 3. The van der Waals surface area contributed by atoms with Crippen LogP contribution in [0, 0.1) is 22.7 Å². The molecule has 1 aliphatic carbocycles. The SMILES string of the molecule is COCCCN1C(=O)C(C)(C)Oc2ccc(N(C(=O)[C@H]3CNC[C@@H](C(=O)N[C@@H](CC(C)C)C(C)(C)N=O)C3)C3CC3)cc21. The van der Waals surface area contributed by atoms with Crippen LogP contribution in [0.3, 0.4) is 0 Å². The molecule has 0 radical (unpaired) electrons. The lowest BCUT2D eigenvalue weighted by Gasteiger charge is -2.40. The molecule has 3 aliphatic rings. The molecule has 3 amide bonds. The third-order valence-corrected chi connectivity index (χ3v) is 8.70. The average Bonchev–Trinajstić information content (AvgIpc) is 3.80. The summed E-state index contributed by atoms with van der Waals surface area (Å²) in [4.78, 5) is 56.0. The zero-order chi connectivity index (χ0) is 31.5. The summed E-state index contributed by atoms with van der Waals surface area (Å²) in [5.74, 6) is -0.248. The number of fused-ring (bicyclic) bond motifs is 1. The van der Waals surface area contributed by atoms with Gasteiger partial charge in [-0.3, -0.25) is 14.4 Å². The minimum Gasteiger partial charge on any atom is -0.476 e. The number of nitrogens with one attached hydrogen (secondary N) is 2. The number of piperidine rings is 1. The average molecular weight is 600 g/mol. The Labute approximate surface area is 255 Å². The number of rotatable bonds is 13. The highest BCUT2D eigenvalue weighted by atomic mass is 16.5. The molecule has 2 aliphatic heterocycles. The van der Waals surface area contributed by atoms with Crippen LogP contribution < -0.4 is 25.2 Å². The number of hydrogen-bond donors (Lipinski definition) is 2. The Bertz CT molecular complexity index is 1200. The summed E-state index contributed by atoms with van der Waals surface area (Å²) in [5, 5.41) is 9.67. The lowest BCUT2D eigenvalue weighted by molar-refractivity contribution is -0.132. The number of nitrogens with zero attached hydrogens (tertiary/aromatic N) is 3. The Morgan fingerprint density at radius 1 is 1.23 bits per heavy atom. The quantitative estimate of drug-likeness (QED) is 0.259. The number of benzene rings is 1. The van der Waals surface area contributed by atoms with E-state index in [4.69, 9.17) is 9.47 Å². The number of carbonyl (C=O) groups is 3. The van der Waals surface area contributed by atoms with E-state index >= 15 is 0 Å². The number of nitroso groups, excluding NO2 is 1. The van der Waals surface area contributed by atoms with Crippen LogP contribution in [0.25, 0.3) is 0 Å². The van der Waals surface area contributed by atoms with Gasteiger partial charge in [-0.25, -0.2) is 0 Å². The summed E-state index contributed by atoms with van der Waals surface area (Å²) >= 11 is 0. The van der Waals surface area contributed by atoms with Crippen LogP contribution in [0.5, 0.6) is 5.75 Å². The Morgan fingerprint density at radius 2 is 1.93 bits per heavy atom. The maximum Gasteiger partial charge on any atom is 0.270 e. The molecule has 2 heterocycles. The molecule has 1 saturated heterocycles. The molecule has 11 heteroatoms. The molecule has 1 aromatic carbocycles. The van der Waals surface area contributed by atoms with Gasteiger partial charge in [0.25, 0.3) is 5.91 Å². The highest BCUT2D eigenvalue weighted by molar-refractivity contribution is 6.04. The van der Waals surface area contributed by atoms with Crippen LogP contribution in [0.1, 0.15) is 73.6 Å². The van der Waals surface area contributed by atoms with Crippen molar-refractivity contribution in [1.29, 1.82) is 0 Å². The molecule has 2 fully saturated rings. The molecule has 3 atom stereocenters. The molecule has 0 unspecified atom stereocenters. The van der Waals surface area contributed by atoms with Gasteiger partial charge >= 0.3 is 0 Å². The van der Waals surface area contributed by atoms with Crippen LogP contribution in [-0.4, -0.2) is 74.3 Å². The second-order valence-electron chi connectivity index (χ2n) is 13.7. The van der Waals surface area contributed by atoms with Gasteiger partial charge in [-0.1, -0.05) is 19.0 Å². The molecule has 0 spiro atoms. The van der Waals surface area contributed by atoms with E-state index in [2.05, 4.69) is 15.8 Å². The van der Waals surface area contributed by atoms with E-state index in [0.29, 0.717) is 56.9 Å². The molecule has 43 heavy (non-hydrogen) atoms. The maximum atomic E-state index is 14.1. The first kappa shape index (κ1) is 32.9. The van der Waals surface area contributed by atoms with Gasteiger partial charge in [0.15, 0.2) is 5.60 Å². The summed E-state index contributed by atoms with van der Waals surface area (Å²) in [5.41, 5.74) is -0.564. The first-order valence-electron chi connectivity index (χ1n) is 15.6. The summed E-state index contributed by atoms with van der Waals surface area (Å²) in [6.45, 7) is 13.0. The van der Waals surface area contributed by atoms with Crippen LogP contribution >= 0.6 is 0 Å². The van der Waals surface area contributed by atoms with Gasteiger partial charge in [-0.15, -0.1) is 0 Å². The zero-order valence-corrected chi connectivity index (χ0v) is 26.8. The smallest absolute Gasteiger partial charge is 0.270 e. The highest BCUT2D eigenvalue weighted by Crippen LogP contribution is 2.43. The third-order valence-electron chi connectivity index (χ3n) is 8.70. The number of anilines is 2. The molecule has 4 rings (SSSR count). The van der Waals surface area contributed by atoms with Crippen LogP contribution in [0.2, 0.25) is 0 Å². The Morgan fingerprint density at radius 3 is 2.56 bits per heavy atom. The van der Waals surface area contributed by atoms with Crippen molar-refractivity contribution in [2.24, 2.45) is 22.9 Å². The first-order chi connectivity index (χ1) is 20.3. The molecule has 1 saturated carbocycles. The van der Waals surface area contributed by atoms with Gasteiger partial charge < -0.3 is 29.9 Å². The fraction of sp³-hybridized carbons (Fsp3) is 0.719. The van der Waals surface area contributed by atoms with Crippen molar-refractivity contribution >= 4 is 29.1 Å². The summed E-state index contributed by atoms with van der Waals surface area (Å²) in [7, 11) is 1.64. The molecular formula is C32H49N5O6. The van der Waals surface area contributed by atoms with E-state index in [9.17, 15) is 19.3 Å². The number of ether oxygens (including phenoxy) is 2. The van der Waals surface area contributed by atoms with Gasteiger partial charge in [0.2, 0.25) is 11.8 Å². The Hall–Kier alpha value is -3.05. The van der Waals surface area contributed by atoms with Crippen LogP contribution in [-0.2, 0) is 19.1 Å². The second-order valence-corrected chi connectivity index (χ2v) is 13.7. The van der Waals surface area contributed by atoms with Gasteiger partial charge in [0.05, 0.1) is 23.6 Å². The standard InChI is InChI=1S/C32H49N5O6/c1-20(2)15-27(31(3,4)35-41)34-28(38)21-16-22(19-33-18-21)29(39)37(23-9-10-23)24-11-12-26-25(17-24)36(13-8-14-42-7)30(40)32(5,6)43-26/h11-12,17,20-23,27,33H,8-10,13-16,18-19H2,1-7H3,(H,34,38)/t21-,22+,27-/m0/s1. The van der Waals surface area contributed by atoms with E-state index < -0.39 is 29.0 Å². The van der Waals surface area contributed by atoms with Crippen LogP contribution in [0.4, 0.5) is 11.4 Å². The zero-order valence-electron chi connectivity index (χ0n) is 26.8. The topological polar surface area (TPSA) is 130 Å². The van der Waals surface area contributed by atoms with E-state index in [1.165, 1.54) is 0 Å². The molecule has 0 aromatic heterocycles. The van der Waals surface area contributed by atoms with Crippen molar-refractivity contribution < 1.29 is 23.9 Å². The molecule has 0 bridgehead atoms. The van der Waals surface area contributed by atoms with E-state index in [0.717, 1.165) is 18.5 Å². The van der Waals surface area contributed by atoms with E-state index in [1.54, 1.807) is 39.7 Å². The van der Waals surface area contributed by atoms with Crippen molar-refractivity contribution in [3.8, 4) is 5.75 Å². The minimum atomic E-state index is -0.998. The molecule has 11 nitrogen and oxygen atoms in total. The van der Waals surface area contributed by atoms with Crippen molar-refractivity contribution in [1.82, 2.24) is 10.6 Å². The Balaban J connectivity index is 1.53. The number of carbonyl (C=O) groups excluding carboxylic acids is 3. The lowest BCUT2D eigenvalue weighted by atomic mass is 9.85. The Kier molecular flexibility index (Phi) is 10.2. The molecule has 238 valence electrons. The minimum absolute atomic E-state index is 0.0321. The summed E-state index contributed by atoms with van der Waals surface area (Å²) in [6, 6.07) is 5.30. The monoisotopic (exact) mass is 599 g/mol. The summed E-state index contributed by atoms with van der Waals surface area (Å²) < 4.78 is 11.3. The van der Waals surface area contributed by atoms with Gasteiger partial charge in [0.1, 0.15) is 11.3 Å². The molecule has 2 N–H and O–H groups in total. The van der Waals surface area contributed by atoms with E-state index in [-0.39, 0.29) is 29.7 Å². The molecule has 1 aromatic rings. The van der Waals surface area contributed by atoms with Gasteiger partial charge in [0, 0.05) is 45.1 Å². The predicted octanol–water partition coefficient (Wildman–Crippen LogP) is 4.02. The number of hydrogen-bond acceptors (Lipinski definition) is 8. The van der Waals surface area contributed by atoms with Gasteiger partial charge in [-0.2, -0.15) is 4.91 Å². The maximum absolute atomic E-state index is 14.1. The normalized spacial score (nSPS) is 22.4. The van der Waals surface area contributed by atoms with Gasteiger partial charge in [-0.05, 0) is 83.9 Å².